The number of hydrogen-bond acceptors (Lipinski definition) is 9. The molecule has 0 fully saturated rings. The van der Waals surface area contributed by atoms with E-state index in [0.29, 0.717) is 21.2 Å². The molecule has 0 spiro atoms. The number of esters is 4. The Hall–Kier alpha value is -4.94. The van der Waals surface area contributed by atoms with E-state index in [9.17, 15) is 19.2 Å². The van der Waals surface area contributed by atoms with Crippen LogP contribution in [0.1, 0.15) is 0 Å². The largest absolute Gasteiger partial charge is 0.465 e. The van der Waals surface area contributed by atoms with Crippen LogP contribution in [0.5, 0.6) is 0 Å². The summed E-state index contributed by atoms with van der Waals surface area (Å²) in [5.74, 6) is -3.81. The van der Waals surface area contributed by atoms with Crippen molar-refractivity contribution in [1.82, 2.24) is 4.44 Å². The molecular formula is C37H35NO8P2. The minimum Gasteiger partial charge on any atom is -0.465 e. The smallest absolute Gasteiger partial charge is 0.340 e. The van der Waals surface area contributed by atoms with Gasteiger partial charge in [-0.2, -0.15) is 0 Å². The summed E-state index contributed by atoms with van der Waals surface area (Å²) in [6, 6.07) is 37.1. The van der Waals surface area contributed by atoms with E-state index in [2.05, 4.69) is 0 Å². The molecule has 0 aliphatic carbocycles. The first-order valence-electron chi connectivity index (χ1n) is 14.8. The molecule has 0 unspecified atom stereocenters. The second-order valence-electron chi connectivity index (χ2n) is 10.5. The van der Waals surface area contributed by atoms with Gasteiger partial charge in [0.25, 0.3) is 0 Å². The summed E-state index contributed by atoms with van der Waals surface area (Å²) in [6.07, 6.45) is 0. The van der Waals surface area contributed by atoms with Crippen LogP contribution < -0.4 is 21.2 Å². The minimum absolute atomic E-state index is 0.132. The molecule has 48 heavy (non-hydrogen) atoms. The monoisotopic (exact) mass is 683 g/mol. The van der Waals surface area contributed by atoms with Gasteiger partial charge in [0, 0.05) is 14.1 Å². The fourth-order valence-corrected chi connectivity index (χ4v) is 17.5. The van der Waals surface area contributed by atoms with Gasteiger partial charge in [-0.1, -0.05) is 121 Å². The van der Waals surface area contributed by atoms with E-state index in [4.69, 9.17) is 18.9 Å². The predicted octanol–water partition coefficient (Wildman–Crippen LogP) is 3.43. The summed E-state index contributed by atoms with van der Waals surface area (Å²) in [6.45, 7) is 0. The molecule has 4 aromatic carbocycles. The van der Waals surface area contributed by atoms with Crippen molar-refractivity contribution < 1.29 is 38.1 Å². The van der Waals surface area contributed by atoms with Crippen LogP contribution >= 0.6 is 14.1 Å². The van der Waals surface area contributed by atoms with E-state index in [-0.39, 0.29) is 10.6 Å². The SMILES string of the molecule is COC(=O)C1=C(C(=O)OC)C(C(=O)OC)=P(c2ccccc2)(c2ccccc2)N(C)P(c2ccccc2)(c2ccccc2)=C1C(=O)OC. The van der Waals surface area contributed by atoms with Gasteiger partial charge < -0.3 is 18.9 Å². The quantitative estimate of drug-likeness (QED) is 0.157. The number of methoxy groups -OCH3 is 4. The molecule has 0 aromatic heterocycles. The molecule has 0 atom stereocenters. The highest BCUT2D eigenvalue weighted by Gasteiger charge is 2.53. The van der Waals surface area contributed by atoms with Crippen molar-refractivity contribution in [3.8, 4) is 0 Å². The van der Waals surface area contributed by atoms with Crippen molar-refractivity contribution in [1.29, 1.82) is 0 Å². The molecule has 4 aromatic rings. The summed E-state index contributed by atoms with van der Waals surface area (Å²) < 4.78 is 23.7. The Morgan fingerprint density at radius 3 is 0.854 bits per heavy atom. The molecule has 246 valence electrons. The number of carbonyl (C=O) groups excluding carboxylic acids is 4. The Labute approximate surface area is 279 Å². The van der Waals surface area contributed by atoms with Crippen LogP contribution in [0, 0.1) is 0 Å². The lowest BCUT2D eigenvalue weighted by Crippen LogP contribution is -2.41. The second-order valence-corrected chi connectivity index (χ2v) is 17.5. The Kier molecular flexibility index (Phi) is 10.4. The van der Waals surface area contributed by atoms with Gasteiger partial charge in [-0.3, -0.25) is 0 Å². The number of benzene rings is 4. The molecule has 0 radical (unpaired) electrons. The van der Waals surface area contributed by atoms with Crippen molar-refractivity contribution in [3.63, 3.8) is 0 Å². The number of nitrogens with zero attached hydrogens (tertiary/aromatic N) is 1. The van der Waals surface area contributed by atoms with Gasteiger partial charge in [0.05, 0.1) is 50.2 Å². The zero-order valence-electron chi connectivity index (χ0n) is 27.2. The number of rotatable bonds is 8. The average molecular weight is 684 g/mol. The topological polar surface area (TPSA) is 108 Å². The molecule has 9 nitrogen and oxygen atoms in total. The summed E-state index contributed by atoms with van der Waals surface area (Å²) in [5, 5.41) is 2.37. The maximum atomic E-state index is 14.6. The zero-order valence-corrected chi connectivity index (χ0v) is 28.9. The van der Waals surface area contributed by atoms with Crippen LogP contribution in [0.25, 0.3) is 0 Å². The molecule has 1 aliphatic heterocycles. The van der Waals surface area contributed by atoms with Gasteiger partial charge in [-0.05, 0) is 28.3 Å². The molecule has 0 amide bonds. The van der Waals surface area contributed by atoms with Gasteiger partial charge in [-0.15, -0.1) is 0 Å². The molecule has 0 bridgehead atoms. The third kappa shape index (κ3) is 5.34. The standard InChI is InChI=1S/C37H35NO8P2/c1-38-47(26-18-10-6-11-19-26,27-20-12-7-13-21-27)32(36(41)45-4)30(34(39)43-2)31(35(40)44-3)33(37(42)46-5)48(38,28-22-14-8-15-23-28)29-24-16-9-17-25-29/h6-25H,1-5H3. The first kappa shape index (κ1) is 34.4. The van der Waals surface area contributed by atoms with E-state index in [0.717, 1.165) is 14.2 Å². The van der Waals surface area contributed by atoms with Crippen LogP contribution in [0.3, 0.4) is 0 Å². The maximum absolute atomic E-state index is 14.6. The van der Waals surface area contributed by atoms with E-state index < -0.39 is 49.1 Å². The van der Waals surface area contributed by atoms with E-state index in [1.807, 2.05) is 133 Å². The number of carbonyl (C=O) groups is 4. The van der Waals surface area contributed by atoms with E-state index in [1.165, 1.54) is 14.2 Å². The Balaban J connectivity index is 2.36. The number of hydrogen-bond donors (Lipinski definition) is 0. The highest BCUT2D eigenvalue weighted by Crippen LogP contribution is 2.68. The highest BCUT2D eigenvalue weighted by molar-refractivity contribution is 8.02. The maximum Gasteiger partial charge on any atom is 0.340 e. The van der Waals surface area contributed by atoms with Gasteiger partial charge >= 0.3 is 23.9 Å². The molecule has 5 rings (SSSR count). The van der Waals surface area contributed by atoms with Gasteiger partial charge in [0.1, 0.15) is 0 Å². The van der Waals surface area contributed by atoms with Crippen LogP contribution in [-0.2, 0) is 38.1 Å². The molecule has 11 heteroatoms. The summed E-state index contributed by atoms with van der Waals surface area (Å²) >= 11 is 0. The Morgan fingerprint density at radius 1 is 0.417 bits per heavy atom. The fraction of sp³-hybridized carbons (Fsp3) is 0.135. The average Bonchev–Trinajstić information content (AvgIpc) is 3.24. The third-order valence-electron chi connectivity index (χ3n) is 8.30. The Bertz CT molecular complexity index is 1780. The van der Waals surface area contributed by atoms with Crippen molar-refractivity contribution in [2.24, 2.45) is 0 Å². The summed E-state index contributed by atoms with van der Waals surface area (Å²) in [4.78, 5) is 57.8. The van der Waals surface area contributed by atoms with Crippen molar-refractivity contribution in [2.45, 2.75) is 0 Å². The van der Waals surface area contributed by atoms with Crippen LogP contribution in [-0.4, -0.2) is 74.4 Å². The summed E-state index contributed by atoms with van der Waals surface area (Å²) in [5.41, 5.74) is -0.864. The fourth-order valence-electron chi connectivity index (χ4n) is 6.37. The van der Waals surface area contributed by atoms with Gasteiger partial charge in [0.15, 0.2) is 0 Å². The first-order valence-corrected chi connectivity index (χ1v) is 18.3. The van der Waals surface area contributed by atoms with Gasteiger partial charge in [-0.25, -0.2) is 23.6 Å². The highest BCUT2D eigenvalue weighted by atomic mass is 31.2. The van der Waals surface area contributed by atoms with Crippen molar-refractivity contribution in [3.05, 3.63) is 132 Å². The molecule has 0 saturated carbocycles. The number of ether oxygens (including phenoxy) is 4. The molecule has 0 N–H and O–H groups in total. The lowest BCUT2D eigenvalue weighted by Gasteiger charge is -2.47. The van der Waals surface area contributed by atoms with Gasteiger partial charge in [0.2, 0.25) is 0 Å². The zero-order chi connectivity index (χ0) is 34.5. The predicted molar refractivity (Wildman–Crippen MR) is 191 cm³/mol. The normalized spacial score (nSPS) is 15.6. The summed E-state index contributed by atoms with van der Waals surface area (Å²) in [7, 11) is -0.723. The lowest BCUT2D eigenvalue weighted by molar-refractivity contribution is -0.139. The first-order chi connectivity index (χ1) is 23.3. The van der Waals surface area contributed by atoms with Crippen molar-refractivity contribution >= 4 is 69.8 Å². The van der Waals surface area contributed by atoms with Crippen LogP contribution in [0.4, 0.5) is 0 Å². The van der Waals surface area contributed by atoms with E-state index in [1.54, 1.807) is 0 Å². The molecular weight excluding hydrogens is 648 g/mol. The van der Waals surface area contributed by atoms with Crippen LogP contribution in [0.2, 0.25) is 0 Å². The van der Waals surface area contributed by atoms with Crippen LogP contribution in [0.15, 0.2) is 132 Å². The third-order valence-corrected chi connectivity index (χ3v) is 17.9. The van der Waals surface area contributed by atoms with Crippen molar-refractivity contribution in [2.75, 3.05) is 35.5 Å². The molecule has 1 aliphatic rings. The second kappa shape index (κ2) is 14.4. The van der Waals surface area contributed by atoms with E-state index >= 15 is 0 Å². The minimum atomic E-state index is -3.63. The lowest BCUT2D eigenvalue weighted by atomic mass is 10.0. The molecule has 1 heterocycles. The molecule has 0 saturated heterocycles. The Morgan fingerprint density at radius 2 is 0.646 bits per heavy atom.